The zero-order valence-electron chi connectivity index (χ0n) is 11.9. The zero-order chi connectivity index (χ0) is 13.3. The lowest BCUT2D eigenvalue weighted by molar-refractivity contribution is -0.0357. The van der Waals surface area contributed by atoms with Gasteiger partial charge in [0, 0.05) is 17.6 Å². The molecule has 1 saturated carbocycles. The molecule has 2 aliphatic rings. The Morgan fingerprint density at radius 3 is 2.95 bits per heavy atom. The quantitative estimate of drug-likeness (QED) is 0.915. The Balaban J connectivity index is 1.48. The summed E-state index contributed by atoms with van der Waals surface area (Å²) < 4.78 is 6.32. The molecule has 3 nitrogen and oxygen atoms in total. The first-order valence-corrected chi connectivity index (χ1v) is 8.32. The van der Waals surface area contributed by atoms with Gasteiger partial charge < -0.3 is 10.1 Å². The molecule has 1 aromatic rings. The standard InChI is InChI=1S/C15H24N2OS/c1-11-9-17-14(19-11)12(2)16-10-13-5-8-15(18-13)6-3-4-7-15/h9,12-13,16H,3-8,10H2,1-2H3. The van der Waals surface area contributed by atoms with E-state index < -0.39 is 0 Å². The van der Waals surface area contributed by atoms with Crippen molar-refractivity contribution < 1.29 is 4.74 Å². The third-order valence-corrected chi connectivity index (χ3v) is 5.61. The van der Waals surface area contributed by atoms with Crippen molar-refractivity contribution >= 4 is 11.3 Å². The van der Waals surface area contributed by atoms with Crippen LogP contribution in [0.15, 0.2) is 6.20 Å². The molecule has 0 amide bonds. The number of rotatable bonds is 4. The molecule has 1 aliphatic heterocycles. The largest absolute Gasteiger partial charge is 0.370 e. The number of hydrogen-bond donors (Lipinski definition) is 1. The lowest BCUT2D eigenvalue weighted by Gasteiger charge is -2.24. The van der Waals surface area contributed by atoms with E-state index in [9.17, 15) is 0 Å². The number of aryl methyl sites for hydroxylation is 1. The van der Waals surface area contributed by atoms with Crippen LogP contribution in [0, 0.1) is 6.92 Å². The van der Waals surface area contributed by atoms with Crippen molar-refractivity contribution in [2.75, 3.05) is 6.54 Å². The fourth-order valence-electron chi connectivity index (χ4n) is 3.39. The first-order valence-electron chi connectivity index (χ1n) is 7.50. The second kappa shape index (κ2) is 5.51. The van der Waals surface area contributed by atoms with E-state index in [1.54, 1.807) is 11.3 Å². The Bertz CT molecular complexity index is 426. The van der Waals surface area contributed by atoms with E-state index >= 15 is 0 Å². The van der Waals surface area contributed by atoms with E-state index in [0.717, 1.165) is 6.54 Å². The maximum absolute atomic E-state index is 6.32. The minimum Gasteiger partial charge on any atom is -0.370 e. The molecule has 2 unspecified atom stereocenters. The number of aromatic nitrogens is 1. The van der Waals surface area contributed by atoms with Crippen LogP contribution in [0.1, 0.15) is 61.4 Å². The van der Waals surface area contributed by atoms with Gasteiger partial charge in [-0.2, -0.15) is 0 Å². The van der Waals surface area contributed by atoms with Crippen molar-refractivity contribution in [1.82, 2.24) is 10.3 Å². The van der Waals surface area contributed by atoms with Gasteiger partial charge in [0.25, 0.3) is 0 Å². The minimum absolute atomic E-state index is 0.257. The first-order chi connectivity index (χ1) is 9.17. The van der Waals surface area contributed by atoms with Crippen LogP contribution >= 0.6 is 11.3 Å². The van der Waals surface area contributed by atoms with E-state index in [-0.39, 0.29) is 5.60 Å². The van der Waals surface area contributed by atoms with Gasteiger partial charge in [-0.05, 0) is 39.5 Å². The Morgan fingerprint density at radius 2 is 2.26 bits per heavy atom. The summed E-state index contributed by atoms with van der Waals surface area (Å²) in [4.78, 5) is 5.73. The van der Waals surface area contributed by atoms with Gasteiger partial charge in [0.2, 0.25) is 0 Å². The van der Waals surface area contributed by atoms with Gasteiger partial charge in [0.15, 0.2) is 0 Å². The number of ether oxygens (including phenoxy) is 1. The summed E-state index contributed by atoms with van der Waals surface area (Å²) in [6.45, 7) is 5.26. The maximum atomic E-state index is 6.32. The predicted molar refractivity (Wildman–Crippen MR) is 78.6 cm³/mol. The van der Waals surface area contributed by atoms with Gasteiger partial charge in [0.05, 0.1) is 17.7 Å². The molecule has 3 rings (SSSR count). The van der Waals surface area contributed by atoms with Crippen LogP contribution in [0.25, 0.3) is 0 Å². The summed E-state index contributed by atoms with van der Waals surface area (Å²) in [5.74, 6) is 0. The fraction of sp³-hybridized carbons (Fsp3) is 0.800. The molecule has 1 N–H and O–H groups in total. The van der Waals surface area contributed by atoms with Crippen LogP contribution in [0.5, 0.6) is 0 Å². The van der Waals surface area contributed by atoms with E-state index in [1.807, 2.05) is 6.20 Å². The molecule has 2 fully saturated rings. The molecule has 1 saturated heterocycles. The van der Waals surface area contributed by atoms with Gasteiger partial charge in [-0.15, -0.1) is 11.3 Å². The highest BCUT2D eigenvalue weighted by Crippen LogP contribution is 2.43. The van der Waals surface area contributed by atoms with Crippen LogP contribution in [0.2, 0.25) is 0 Å². The van der Waals surface area contributed by atoms with Gasteiger partial charge in [-0.1, -0.05) is 12.8 Å². The van der Waals surface area contributed by atoms with Crippen LogP contribution in [0.4, 0.5) is 0 Å². The van der Waals surface area contributed by atoms with Crippen LogP contribution in [-0.2, 0) is 4.74 Å². The SMILES string of the molecule is Cc1cnc(C(C)NCC2CCC3(CCCC3)O2)s1. The molecular formula is C15H24N2OS. The highest BCUT2D eigenvalue weighted by molar-refractivity contribution is 7.11. The predicted octanol–water partition coefficient (Wildman–Crippen LogP) is 3.59. The summed E-state index contributed by atoms with van der Waals surface area (Å²) in [6, 6.07) is 0.336. The summed E-state index contributed by atoms with van der Waals surface area (Å²) >= 11 is 1.78. The Morgan fingerprint density at radius 1 is 1.47 bits per heavy atom. The second-order valence-electron chi connectivity index (χ2n) is 6.11. The summed E-state index contributed by atoms with van der Waals surface area (Å²) in [5, 5.41) is 4.77. The third-order valence-electron chi connectivity index (χ3n) is 4.51. The molecule has 1 aliphatic carbocycles. The smallest absolute Gasteiger partial charge is 0.109 e. The Labute approximate surface area is 119 Å². The van der Waals surface area contributed by atoms with Crippen molar-refractivity contribution in [3.05, 3.63) is 16.1 Å². The van der Waals surface area contributed by atoms with Gasteiger partial charge in [-0.25, -0.2) is 4.98 Å². The maximum Gasteiger partial charge on any atom is 0.109 e. The number of nitrogens with one attached hydrogen (secondary N) is 1. The highest BCUT2D eigenvalue weighted by atomic mass is 32.1. The van der Waals surface area contributed by atoms with Gasteiger partial charge in [0.1, 0.15) is 5.01 Å². The van der Waals surface area contributed by atoms with Gasteiger partial charge >= 0.3 is 0 Å². The van der Waals surface area contributed by atoms with Crippen molar-refractivity contribution in [2.24, 2.45) is 0 Å². The topological polar surface area (TPSA) is 34.2 Å². The molecule has 1 spiro atoms. The number of thiazole rings is 1. The molecular weight excluding hydrogens is 256 g/mol. The van der Waals surface area contributed by atoms with E-state index in [0.29, 0.717) is 12.1 Å². The molecule has 1 aromatic heterocycles. The van der Waals surface area contributed by atoms with Crippen molar-refractivity contribution in [3.63, 3.8) is 0 Å². The van der Waals surface area contributed by atoms with E-state index in [4.69, 9.17) is 4.74 Å². The second-order valence-corrected chi connectivity index (χ2v) is 7.37. The molecule has 0 aromatic carbocycles. The van der Waals surface area contributed by atoms with Crippen LogP contribution < -0.4 is 5.32 Å². The lowest BCUT2D eigenvalue weighted by Crippen LogP contribution is -2.32. The lowest BCUT2D eigenvalue weighted by atomic mass is 9.98. The summed E-state index contributed by atoms with van der Waals surface area (Å²) in [6.07, 6.45) is 10.1. The monoisotopic (exact) mass is 280 g/mol. The molecule has 2 heterocycles. The summed E-state index contributed by atoms with van der Waals surface area (Å²) in [7, 11) is 0. The Hall–Kier alpha value is -0.450. The van der Waals surface area contributed by atoms with E-state index in [1.165, 1.54) is 48.4 Å². The highest BCUT2D eigenvalue weighted by Gasteiger charge is 2.41. The van der Waals surface area contributed by atoms with Crippen molar-refractivity contribution in [1.29, 1.82) is 0 Å². The van der Waals surface area contributed by atoms with Crippen molar-refractivity contribution in [2.45, 2.75) is 70.1 Å². The molecule has 19 heavy (non-hydrogen) atoms. The van der Waals surface area contributed by atoms with E-state index in [2.05, 4.69) is 24.1 Å². The number of nitrogens with zero attached hydrogens (tertiary/aromatic N) is 1. The molecule has 2 atom stereocenters. The fourth-order valence-corrected chi connectivity index (χ4v) is 4.20. The molecule has 4 heteroatoms. The average molecular weight is 280 g/mol. The van der Waals surface area contributed by atoms with Gasteiger partial charge in [-0.3, -0.25) is 0 Å². The Kier molecular flexibility index (Phi) is 3.92. The zero-order valence-corrected chi connectivity index (χ0v) is 12.8. The number of hydrogen-bond acceptors (Lipinski definition) is 4. The molecule has 0 bridgehead atoms. The van der Waals surface area contributed by atoms with Crippen molar-refractivity contribution in [3.8, 4) is 0 Å². The molecule has 106 valence electrons. The van der Waals surface area contributed by atoms with Crippen LogP contribution in [-0.4, -0.2) is 23.2 Å². The molecule has 0 radical (unpaired) electrons. The normalized spacial score (nSPS) is 27.2. The minimum atomic E-state index is 0.257. The summed E-state index contributed by atoms with van der Waals surface area (Å²) in [5.41, 5.74) is 0.257. The third kappa shape index (κ3) is 3.01. The van der Waals surface area contributed by atoms with Crippen LogP contribution in [0.3, 0.4) is 0 Å². The average Bonchev–Trinajstić information content (AvgIpc) is 3.10. The first kappa shape index (κ1) is 13.5.